The van der Waals surface area contributed by atoms with Gasteiger partial charge in [0.25, 0.3) is 0 Å². The highest BCUT2D eigenvalue weighted by molar-refractivity contribution is 7.15. The summed E-state index contributed by atoms with van der Waals surface area (Å²) in [5.41, 5.74) is -0.413. The van der Waals surface area contributed by atoms with Crippen LogP contribution >= 0.6 is 23.7 Å². The van der Waals surface area contributed by atoms with E-state index in [4.69, 9.17) is 0 Å². The first-order valence-electron chi connectivity index (χ1n) is 6.94. The number of carbonyl (C=O) groups is 1. The Bertz CT molecular complexity index is 443. The van der Waals surface area contributed by atoms with Crippen molar-refractivity contribution >= 4 is 34.8 Å². The van der Waals surface area contributed by atoms with Gasteiger partial charge in [-0.2, -0.15) is 0 Å². The minimum atomic E-state index is -0.413. The number of nitrogens with one attached hydrogen (secondary N) is 2. The van der Waals surface area contributed by atoms with Crippen molar-refractivity contribution in [1.29, 1.82) is 0 Å². The van der Waals surface area contributed by atoms with E-state index in [0.29, 0.717) is 11.0 Å². The maximum Gasteiger partial charge on any atom is 0.246 e. The molecule has 2 rings (SSSR count). The topological polar surface area (TPSA) is 66.9 Å². The van der Waals surface area contributed by atoms with E-state index in [2.05, 4.69) is 34.7 Å². The first-order valence-corrected chi connectivity index (χ1v) is 7.76. The molecule has 1 amide bonds. The zero-order valence-corrected chi connectivity index (χ0v) is 13.9. The molecule has 1 aromatic heterocycles. The lowest BCUT2D eigenvalue weighted by Gasteiger charge is -2.25. The summed E-state index contributed by atoms with van der Waals surface area (Å²) >= 11 is 1.48. The number of anilines is 1. The number of nitrogens with zero attached hydrogens (tertiary/aromatic N) is 2. The molecule has 0 bridgehead atoms. The van der Waals surface area contributed by atoms with Gasteiger partial charge in [0, 0.05) is 6.42 Å². The van der Waals surface area contributed by atoms with Crippen molar-refractivity contribution in [2.45, 2.75) is 52.0 Å². The van der Waals surface area contributed by atoms with Crippen LogP contribution in [-0.2, 0) is 11.2 Å². The van der Waals surface area contributed by atoms with E-state index in [1.165, 1.54) is 11.3 Å². The fraction of sp³-hybridized carbons (Fsp3) is 0.769. The smallest absolute Gasteiger partial charge is 0.246 e. The Morgan fingerprint density at radius 2 is 2.25 bits per heavy atom. The fourth-order valence-electron chi connectivity index (χ4n) is 2.41. The quantitative estimate of drug-likeness (QED) is 0.876. The van der Waals surface area contributed by atoms with Crippen LogP contribution in [0, 0.1) is 5.92 Å². The van der Waals surface area contributed by atoms with E-state index in [9.17, 15) is 4.79 Å². The van der Waals surface area contributed by atoms with Crippen molar-refractivity contribution in [3.63, 3.8) is 0 Å². The lowest BCUT2D eigenvalue weighted by molar-refractivity contribution is -0.122. The Kier molecular flexibility index (Phi) is 6.36. The summed E-state index contributed by atoms with van der Waals surface area (Å²) in [6.45, 7) is 7.25. The van der Waals surface area contributed by atoms with Gasteiger partial charge >= 0.3 is 0 Å². The molecule has 1 saturated heterocycles. The summed E-state index contributed by atoms with van der Waals surface area (Å²) in [7, 11) is 0. The average Bonchev–Trinajstić information content (AvgIpc) is 2.98. The summed E-state index contributed by atoms with van der Waals surface area (Å²) < 4.78 is 0. The first kappa shape index (κ1) is 17.3. The second kappa shape index (κ2) is 7.33. The van der Waals surface area contributed by atoms with E-state index in [1.807, 2.05) is 6.92 Å². The Hall–Kier alpha value is -0.720. The number of rotatable bonds is 5. The zero-order valence-electron chi connectivity index (χ0n) is 12.2. The molecular weight excluding hydrogens is 296 g/mol. The number of halogens is 1. The van der Waals surface area contributed by atoms with E-state index in [-0.39, 0.29) is 18.3 Å². The average molecular weight is 319 g/mol. The van der Waals surface area contributed by atoms with Gasteiger partial charge in [0.15, 0.2) is 0 Å². The van der Waals surface area contributed by atoms with E-state index in [0.717, 1.165) is 37.2 Å². The molecule has 1 atom stereocenters. The predicted octanol–water partition coefficient (Wildman–Crippen LogP) is 2.63. The van der Waals surface area contributed by atoms with Crippen molar-refractivity contribution in [2.75, 3.05) is 11.9 Å². The molecule has 2 N–H and O–H groups in total. The summed E-state index contributed by atoms with van der Waals surface area (Å²) in [6, 6.07) is 0. The van der Waals surface area contributed by atoms with Crippen LogP contribution in [0.3, 0.4) is 0 Å². The highest BCUT2D eigenvalue weighted by Gasteiger charge is 2.39. The van der Waals surface area contributed by atoms with E-state index < -0.39 is 5.54 Å². The van der Waals surface area contributed by atoms with Gasteiger partial charge in [0.05, 0.1) is 5.54 Å². The third-order valence-corrected chi connectivity index (χ3v) is 4.41. The molecule has 0 spiro atoms. The van der Waals surface area contributed by atoms with Crippen molar-refractivity contribution in [2.24, 2.45) is 5.92 Å². The molecule has 2 heterocycles. The van der Waals surface area contributed by atoms with Crippen molar-refractivity contribution in [1.82, 2.24) is 15.5 Å². The number of amides is 1. The van der Waals surface area contributed by atoms with Gasteiger partial charge in [0.2, 0.25) is 11.0 Å². The lowest BCUT2D eigenvalue weighted by atomic mass is 9.93. The molecular formula is C13H23ClN4OS. The molecule has 1 unspecified atom stereocenters. The molecule has 7 heteroatoms. The van der Waals surface area contributed by atoms with Gasteiger partial charge in [-0.15, -0.1) is 22.6 Å². The third kappa shape index (κ3) is 3.90. The van der Waals surface area contributed by atoms with Gasteiger partial charge in [-0.25, -0.2) is 0 Å². The molecule has 1 aliphatic heterocycles. The molecule has 0 saturated carbocycles. The Balaban J connectivity index is 0.00000200. The molecule has 20 heavy (non-hydrogen) atoms. The fourth-order valence-corrected chi connectivity index (χ4v) is 3.36. The van der Waals surface area contributed by atoms with Gasteiger partial charge < -0.3 is 5.32 Å². The normalized spacial score (nSPS) is 21.8. The van der Waals surface area contributed by atoms with Crippen LogP contribution in [0.1, 0.15) is 45.0 Å². The lowest BCUT2D eigenvalue weighted by Crippen LogP contribution is -2.50. The molecule has 5 nitrogen and oxygen atoms in total. The van der Waals surface area contributed by atoms with Crippen molar-refractivity contribution in [3.8, 4) is 0 Å². The number of aromatic nitrogens is 2. The molecule has 1 fully saturated rings. The van der Waals surface area contributed by atoms with Crippen LogP contribution in [0.4, 0.5) is 5.13 Å². The molecule has 0 radical (unpaired) electrons. The van der Waals surface area contributed by atoms with Crippen molar-refractivity contribution < 1.29 is 4.79 Å². The summed E-state index contributed by atoms with van der Waals surface area (Å²) in [5.74, 6) is 0.578. The highest BCUT2D eigenvalue weighted by atomic mass is 35.5. The Morgan fingerprint density at radius 1 is 1.50 bits per heavy atom. The second-order valence-electron chi connectivity index (χ2n) is 5.52. The molecule has 1 aromatic rings. The Morgan fingerprint density at radius 3 is 2.80 bits per heavy atom. The van der Waals surface area contributed by atoms with Gasteiger partial charge in [0.1, 0.15) is 5.01 Å². The minimum absolute atomic E-state index is 0. The minimum Gasteiger partial charge on any atom is -0.303 e. The maximum atomic E-state index is 12.4. The van der Waals surface area contributed by atoms with Gasteiger partial charge in [-0.05, 0) is 31.7 Å². The van der Waals surface area contributed by atoms with Gasteiger partial charge in [-0.1, -0.05) is 32.1 Å². The summed E-state index contributed by atoms with van der Waals surface area (Å²) in [4.78, 5) is 12.4. The monoisotopic (exact) mass is 318 g/mol. The standard InChI is InChI=1S/C13H22N4OS.ClH/c1-4-13(6-5-7-14-13)11(18)15-12-17-16-10(19-12)8-9(2)3;/h9,14H,4-8H2,1-3H3,(H,15,17,18);1H. The van der Waals surface area contributed by atoms with Crippen LogP contribution in [0.5, 0.6) is 0 Å². The van der Waals surface area contributed by atoms with Crippen LogP contribution in [0.25, 0.3) is 0 Å². The number of hydrogen-bond acceptors (Lipinski definition) is 5. The number of carbonyl (C=O) groups excluding carboxylic acids is 1. The van der Waals surface area contributed by atoms with Crippen LogP contribution in [0.15, 0.2) is 0 Å². The molecule has 0 aromatic carbocycles. The first-order chi connectivity index (χ1) is 9.05. The van der Waals surface area contributed by atoms with Crippen molar-refractivity contribution in [3.05, 3.63) is 5.01 Å². The SMILES string of the molecule is CCC1(C(=O)Nc2nnc(CC(C)C)s2)CCCN1.Cl. The summed E-state index contributed by atoms with van der Waals surface area (Å²) in [5, 5.41) is 16.0. The van der Waals surface area contributed by atoms with E-state index >= 15 is 0 Å². The second-order valence-corrected chi connectivity index (χ2v) is 6.58. The van der Waals surface area contributed by atoms with Crippen LogP contribution in [-0.4, -0.2) is 28.2 Å². The number of hydrogen-bond donors (Lipinski definition) is 2. The highest BCUT2D eigenvalue weighted by Crippen LogP contribution is 2.26. The van der Waals surface area contributed by atoms with E-state index in [1.54, 1.807) is 0 Å². The Labute approximate surface area is 130 Å². The summed E-state index contributed by atoms with van der Waals surface area (Å²) in [6.07, 6.45) is 3.66. The van der Waals surface area contributed by atoms with Crippen LogP contribution in [0.2, 0.25) is 0 Å². The van der Waals surface area contributed by atoms with Gasteiger partial charge in [-0.3, -0.25) is 10.1 Å². The maximum absolute atomic E-state index is 12.4. The zero-order chi connectivity index (χ0) is 13.9. The third-order valence-electron chi connectivity index (χ3n) is 3.55. The predicted molar refractivity (Wildman–Crippen MR) is 84.6 cm³/mol. The van der Waals surface area contributed by atoms with Crippen LogP contribution < -0.4 is 10.6 Å². The molecule has 1 aliphatic rings. The molecule has 0 aliphatic carbocycles. The molecule has 114 valence electrons. The largest absolute Gasteiger partial charge is 0.303 e.